The van der Waals surface area contributed by atoms with Gasteiger partial charge in [0.15, 0.2) is 9.84 Å². The van der Waals surface area contributed by atoms with E-state index in [0.29, 0.717) is 25.4 Å². The van der Waals surface area contributed by atoms with E-state index in [1.54, 1.807) is 0 Å². The van der Waals surface area contributed by atoms with Gasteiger partial charge in [0.2, 0.25) is 5.91 Å². The van der Waals surface area contributed by atoms with Crippen molar-refractivity contribution in [3.63, 3.8) is 0 Å². The Kier molecular flexibility index (Phi) is 5.10. The first-order chi connectivity index (χ1) is 11.4. The molecule has 2 aliphatic rings. The summed E-state index contributed by atoms with van der Waals surface area (Å²) in [5.74, 6) is 0.705. The Morgan fingerprint density at radius 2 is 1.83 bits per heavy atom. The van der Waals surface area contributed by atoms with Crippen molar-refractivity contribution in [3.05, 3.63) is 30.3 Å². The summed E-state index contributed by atoms with van der Waals surface area (Å²) in [6.45, 7) is 3.25. The fourth-order valence-electron chi connectivity index (χ4n) is 3.48. The quantitative estimate of drug-likeness (QED) is 0.788. The lowest BCUT2D eigenvalue weighted by atomic mass is 10.2. The molecule has 0 saturated carbocycles. The molecule has 0 N–H and O–H groups in total. The van der Waals surface area contributed by atoms with Crippen LogP contribution in [0, 0.1) is 0 Å². The van der Waals surface area contributed by atoms with Gasteiger partial charge in [-0.05, 0) is 18.6 Å². The van der Waals surface area contributed by atoms with Crippen LogP contribution in [0.4, 0.5) is 5.69 Å². The van der Waals surface area contributed by atoms with Gasteiger partial charge in [0, 0.05) is 45.0 Å². The van der Waals surface area contributed by atoms with E-state index in [4.69, 9.17) is 0 Å². The molecule has 2 fully saturated rings. The van der Waals surface area contributed by atoms with Crippen molar-refractivity contribution in [1.29, 1.82) is 0 Å². The lowest BCUT2D eigenvalue weighted by Crippen LogP contribution is -2.53. The molecule has 0 radical (unpaired) electrons. The molecule has 1 aromatic rings. The third-order valence-corrected chi connectivity index (χ3v) is 6.71. The van der Waals surface area contributed by atoms with Crippen LogP contribution >= 0.6 is 0 Å². The van der Waals surface area contributed by atoms with Crippen molar-refractivity contribution in [1.82, 2.24) is 9.80 Å². The van der Waals surface area contributed by atoms with Gasteiger partial charge in [-0.25, -0.2) is 8.42 Å². The van der Waals surface area contributed by atoms with Crippen LogP contribution < -0.4 is 4.90 Å². The van der Waals surface area contributed by atoms with Crippen LogP contribution in [0.3, 0.4) is 0 Å². The van der Waals surface area contributed by atoms with Gasteiger partial charge in [-0.1, -0.05) is 18.2 Å². The van der Waals surface area contributed by atoms with E-state index in [1.807, 2.05) is 47.2 Å². The molecule has 1 atom stereocenters. The van der Waals surface area contributed by atoms with Gasteiger partial charge in [0.05, 0.1) is 18.1 Å². The van der Waals surface area contributed by atoms with E-state index in [0.717, 1.165) is 25.2 Å². The van der Waals surface area contributed by atoms with Crippen molar-refractivity contribution in [2.45, 2.75) is 12.5 Å². The smallest absolute Gasteiger partial charge is 0.242 e. The summed E-state index contributed by atoms with van der Waals surface area (Å²) in [5, 5.41) is 0. The van der Waals surface area contributed by atoms with Gasteiger partial charge in [0.25, 0.3) is 0 Å². The van der Waals surface area contributed by atoms with Crippen molar-refractivity contribution in [2.24, 2.45) is 0 Å². The van der Waals surface area contributed by atoms with Crippen molar-refractivity contribution < 1.29 is 13.2 Å². The molecule has 0 spiro atoms. The summed E-state index contributed by atoms with van der Waals surface area (Å²) < 4.78 is 23.2. The standard InChI is InChI=1S/C17H25N3O3S/c1-18(15-5-3-2-4-6-15)13-17(21)20-10-8-19(9-11-20)16-7-12-24(22,23)14-16/h2-6,16H,7-14H2,1H3. The summed E-state index contributed by atoms with van der Waals surface area (Å²) >= 11 is 0. The number of rotatable bonds is 4. The average Bonchev–Trinajstić information content (AvgIpc) is 2.95. The first-order valence-electron chi connectivity index (χ1n) is 8.43. The number of hydrogen-bond acceptors (Lipinski definition) is 5. The van der Waals surface area contributed by atoms with Crippen LogP contribution in [0.2, 0.25) is 0 Å². The molecule has 0 aliphatic carbocycles. The SMILES string of the molecule is CN(CC(=O)N1CCN(C2CCS(=O)(=O)C2)CC1)c1ccccc1. The summed E-state index contributed by atoms with van der Waals surface area (Å²) in [4.78, 5) is 18.6. The maximum atomic E-state index is 12.5. The highest BCUT2D eigenvalue weighted by Crippen LogP contribution is 2.19. The third-order valence-electron chi connectivity index (χ3n) is 4.96. The molecule has 6 nitrogen and oxygen atoms in total. The van der Waals surface area contributed by atoms with Crippen LogP contribution in [-0.2, 0) is 14.6 Å². The minimum absolute atomic E-state index is 0.125. The van der Waals surface area contributed by atoms with Crippen LogP contribution in [0.5, 0.6) is 0 Å². The number of anilines is 1. The summed E-state index contributed by atoms with van der Waals surface area (Å²) in [5.41, 5.74) is 1.03. The van der Waals surface area contributed by atoms with Gasteiger partial charge >= 0.3 is 0 Å². The Balaban J connectivity index is 1.49. The number of nitrogens with zero attached hydrogens (tertiary/aromatic N) is 3. The predicted molar refractivity (Wildman–Crippen MR) is 94.9 cm³/mol. The Hall–Kier alpha value is -1.60. The van der Waals surface area contributed by atoms with E-state index in [-0.39, 0.29) is 17.7 Å². The first kappa shape index (κ1) is 17.2. The molecule has 1 unspecified atom stereocenters. The molecule has 7 heteroatoms. The molecule has 0 bridgehead atoms. The normalized spacial score (nSPS) is 24.0. The van der Waals surface area contributed by atoms with Gasteiger partial charge in [0.1, 0.15) is 0 Å². The van der Waals surface area contributed by atoms with Gasteiger partial charge in [-0.15, -0.1) is 0 Å². The third kappa shape index (κ3) is 4.08. The van der Waals surface area contributed by atoms with E-state index in [1.165, 1.54) is 0 Å². The van der Waals surface area contributed by atoms with Gasteiger partial charge < -0.3 is 9.80 Å². The van der Waals surface area contributed by atoms with Crippen molar-refractivity contribution in [3.8, 4) is 0 Å². The van der Waals surface area contributed by atoms with Crippen LogP contribution in [0.25, 0.3) is 0 Å². The molecular weight excluding hydrogens is 326 g/mol. The second kappa shape index (κ2) is 7.11. The van der Waals surface area contributed by atoms with E-state index in [2.05, 4.69) is 4.90 Å². The second-order valence-corrected chi connectivity index (χ2v) is 8.89. The predicted octanol–water partition coefficient (Wildman–Crippen LogP) is 0.454. The number of carbonyl (C=O) groups is 1. The van der Waals surface area contributed by atoms with Crippen LogP contribution in [0.1, 0.15) is 6.42 Å². The minimum Gasteiger partial charge on any atom is -0.365 e. The van der Waals surface area contributed by atoms with E-state index < -0.39 is 9.84 Å². The number of piperazine rings is 1. The number of likely N-dealkylation sites (N-methyl/N-ethyl adjacent to an activating group) is 1. The Morgan fingerprint density at radius 1 is 1.17 bits per heavy atom. The van der Waals surface area contributed by atoms with Crippen molar-refractivity contribution in [2.75, 3.05) is 56.2 Å². The zero-order valence-electron chi connectivity index (χ0n) is 14.1. The molecule has 2 saturated heterocycles. The lowest BCUT2D eigenvalue weighted by Gasteiger charge is -2.38. The molecule has 0 aromatic heterocycles. The molecule has 2 heterocycles. The average molecular weight is 351 g/mol. The number of hydrogen-bond donors (Lipinski definition) is 0. The van der Waals surface area contributed by atoms with Crippen molar-refractivity contribution >= 4 is 21.4 Å². The highest BCUT2D eigenvalue weighted by molar-refractivity contribution is 7.91. The van der Waals surface area contributed by atoms with Gasteiger partial charge in [-0.2, -0.15) is 0 Å². The number of benzene rings is 1. The Bertz CT molecular complexity index is 670. The molecule has 132 valence electrons. The lowest BCUT2D eigenvalue weighted by molar-refractivity contribution is -0.131. The minimum atomic E-state index is -2.85. The van der Waals surface area contributed by atoms with E-state index >= 15 is 0 Å². The fourth-order valence-corrected chi connectivity index (χ4v) is 5.24. The molecule has 24 heavy (non-hydrogen) atoms. The largest absolute Gasteiger partial charge is 0.365 e. The molecule has 1 amide bonds. The van der Waals surface area contributed by atoms with Crippen LogP contribution in [-0.4, -0.2) is 81.4 Å². The summed E-state index contributed by atoms with van der Waals surface area (Å²) in [7, 11) is -0.927. The topological polar surface area (TPSA) is 60.9 Å². The fraction of sp³-hybridized carbons (Fsp3) is 0.588. The molecular formula is C17H25N3O3S. The number of sulfone groups is 1. The highest BCUT2D eigenvalue weighted by atomic mass is 32.2. The monoisotopic (exact) mass is 351 g/mol. The highest BCUT2D eigenvalue weighted by Gasteiger charge is 2.34. The maximum Gasteiger partial charge on any atom is 0.242 e. The molecule has 2 aliphatic heterocycles. The van der Waals surface area contributed by atoms with Gasteiger partial charge in [-0.3, -0.25) is 9.69 Å². The second-order valence-electron chi connectivity index (χ2n) is 6.67. The summed E-state index contributed by atoms with van der Waals surface area (Å²) in [6.07, 6.45) is 0.729. The Morgan fingerprint density at radius 3 is 2.42 bits per heavy atom. The van der Waals surface area contributed by atoms with Crippen LogP contribution in [0.15, 0.2) is 30.3 Å². The molecule has 3 rings (SSSR count). The zero-order chi connectivity index (χ0) is 17.2. The summed E-state index contributed by atoms with van der Waals surface area (Å²) in [6, 6.07) is 10.0. The van der Waals surface area contributed by atoms with E-state index in [9.17, 15) is 13.2 Å². The Labute approximate surface area is 144 Å². The number of amides is 1. The number of carbonyl (C=O) groups excluding carboxylic acids is 1. The first-order valence-corrected chi connectivity index (χ1v) is 10.3. The molecule has 1 aromatic carbocycles. The maximum absolute atomic E-state index is 12.5. The zero-order valence-corrected chi connectivity index (χ0v) is 14.9. The number of para-hydroxylation sites is 1.